The lowest BCUT2D eigenvalue weighted by molar-refractivity contribution is -0.113. The number of rotatable bonds is 3. The van der Waals surface area contributed by atoms with Gasteiger partial charge in [0.1, 0.15) is 11.5 Å². The zero-order valence-corrected chi connectivity index (χ0v) is 17.9. The van der Waals surface area contributed by atoms with Crippen LogP contribution in [0.25, 0.3) is 0 Å². The lowest BCUT2D eigenvalue weighted by atomic mass is 9.61. The van der Waals surface area contributed by atoms with Crippen molar-refractivity contribution in [2.24, 2.45) is 29.1 Å². The van der Waals surface area contributed by atoms with Crippen LogP contribution in [0.5, 0.6) is 0 Å². The van der Waals surface area contributed by atoms with Crippen molar-refractivity contribution in [2.45, 2.75) is 77.4 Å². The van der Waals surface area contributed by atoms with Gasteiger partial charge in [-0.15, -0.1) is 0 Å². The minimum atomic E-state index is -3.08. The van der Waals surface area contributed by atoms with E-state index in [0.29, 0.717) is 17.8 Å². The Hall–Kier alpha value is -0.900. The quantitative estimate of drug-likeness (QED) is 0.510. The molecule has 0 aromatic rings. The molecule has 0 bridgehead atoms. The zero-order valence-electron chi connectivity index (χ0n) is 17.0. The molecule has 2 saturated carbocycles. The zero-order chi connectivity index (χ0) is 19.4. The van der Waals surface area contributed by atoms with Crippen LogP contribution in [0.1, 0.15) is 72.1 Å². The third-order valence-corrected chi connectivity index (χ3v) is 10.3. The van der Waals surface area contributed by atoms with Crippen molar-refractivity contribution in [3.05, 3.63) is 22.8 Å². The number of hydrogen-bond donors (Lipinski definition) is 0. The molecule has 0 aromatic carbocycles. The summed E-state index contributed by atoms with van der Waals surface area (Å²) in [5.41, 5.74) is 3.98. The van der Waals surface area contributed by atoms with Gasteiger partial charge in [-0.25, -0.2) is 8.42 Å². The molecule has 3 aliphatic carbocycles. The lowest BCUT2D eigenvalue weighted by Crippen LogP contribution is -2.36. The minimum Gasteiger partial charge on any atom is -0.303 e. The molecule has 2 fully saturated rings. The second-order valence-electron chi connectivity index (χ2n) is 10.0. The molecule has 0 spiro atoms. The molecule has 3 nitrogen and oxygen atoms in total. The van der Waals surface area contributed by atoms with E-state index in [1.165, 1.54) is 23.1 Å². The summed E-state index contributed by atoms with van der Waals surface area (Å²) in [5, 5.41) is -0.366. The van der Waals surface area contributed by atoms with Gasteiger partial charge in [0.2, 0.25) is 0 Å². The molecule has 1 heterocycles. The van der Waals surface area contributed by atoms with E-state index in [4.69, 9.17) is 0 Å². The Labute approximate surface area is 164 Å². The summed E-state index contributed by atoms with van der Waals surface area (Å²) >= 11 is 0. The van der Waals surface area contributed by atoms with Gasteiger partial charge in [-0.3, -0.25) is 0 Å². The van der Waals surface area contributed by atoms with Crippen LogP contribution in [0.3, 0.4) is 0 Å². The predicted octanol–water partition coefficient (Wildman–Crippen LogP) is 4.88. The fourth-order valence-corrected chi connectivity index (χ4v) is 8.94. The Morgan fingerprint density at radius 1 is 1.19 bits per heavy atom. The molecule has 0 N–H and O–H groups in total. The number of sulfone groups is 1. The number of carbonyl (C=O) groups is 1. The topological polar surface area (TPSA) is 51.2 Å². The van der Waals surface area contributed by atoms with Gasteiger partial charge in [-0.1, -0.05) is 38.0 Å². The molecule has 1 aliphatic heterocycles. The Morgan fingerprint density at radius 3 is 2.70 bits per heavy atom. The molecule has 0 saturated heterocycles. The van der Waals surface area contributed by atoms with Gasteiger partial charge in [0, 0.05) is 5.92 Å². The van der Waals surface area contributed by atoms with Crippen molar-refractivity contribution in [3.63, 3.8) is 0 Å². The average molecular weight is 391 g/mol. The van der Waals surface area contributed by atoms with Crippen LogP contribution in [0, 0.1) is 29.1 Å². The first-order chi connectivity index (χ1) is 12.8. The number of carbonyl (C=O) groups excluding carboxylic acids is 1. The summed E-state index contributed by atoms with van der Waals surface area (Å²) in [5.74, 6) is 1.88. The van der Waals surface area contributed by atoms with Gasteiger partial charge in [-0.2, -0.15) is 0 Å². The van der Waals surface area contributed by atoms with E-state index in [9.17, 15) is 13.2 Å². The fraction of sp³-hybridized carbons (Fsp3) is 0.783. The van der Waals surface area contributed by atoms with E-state index >= 15 is 0 Å². The summed E-state index contributed by atoms with van der Waals surface area (Å²) in [7, 11) is -3.08. The maximum Gasteiger partial charge on any atom is 0.164 e. The van der Waals surface area contributed by atoms with Crippen LogP contribution in [-0.4, -0.2) is 25.7 Å². The van der Waals surface area contributed by atoms with Crippen LogP contribution >= 0.6 is 0 Å². The third-order valence-electron chi connectivity index (χ3n) is 8.32. The monoisotopic (exact) mass is 390 g/mol. The maximum absolute atomic E-state index is 13.0. The Kier molecular flexibility index (Phi) is 4.93. The van der Waals surface area contributed by atoms with Crippen LogP contribution in [0.15, 0.2) is 22.8 Å². The summed E-state index contributed by atoms with van der Waals surface area (Å²) in [4.78, 5) is 11.4. The van der Waals surface area contributed by atoms with Crippen molar-refractivity contribution in [3.8, 4) is 0 Å². The minimum absolute atomic E-state index is 0.100. The first-order valence-electron chi connectivity index (χ1n) is 10.8. The van der Waals surface area contributed by atoms with Crippen molar-refractivity contribution in [1.82, 2.24) is 0 Å². The Balaban J connectivity index is 1.67. The average Bonchev–Trinajstić information content (AvgIpc) is 3.09. The van der Waals surface area contributed by atoms with Gasteiger partial charge in [-0.05, 0) is 80.1 Å². The number of hydrogen-bond acceptors (Lipinski definition) is 3. The molecular formula is C23H34O3S. The predicted molar refractivity (Wildman–Crippen MR) is 109 cm³/mol. The molecule has 0 radical (unpaired) electrons. The molecule has 150 valence electrons. The smallest absolute Gasteiger partial charge is 0.164 e. The second-order valence-corrected chi connectivity index (χ2v) is 12.2. The molecule has 0 amide bonds. The Bertz CT molecular complexity index is 790. The van der Waals surface area contributed by atoms with Gasteiger partial charge < -0.3 is 4.79 Å². The highest BCUT2D eigenvalue weighted by atomic mass is 32.2. The van der Waals surface area contributed by atoms with Gasteiger partial charge in [0.25, 0.3) is 0 Å². The Morgan fingerprint density at radius 2 is 1.96 bits per heavy atom. The van der Waals surface area contributed by atoms with E-state index in [1.54, 1.807) is 0 Å². The van der Waals surface area contributed by atoms with Gasteiger partial charge >= 0.3 is 0 Å². The molecular weight excluding hydrogens is 356 g/mol. The summed E-state index contributed by atoms with van der Waals surface area (Å²) < 4.78 is 25.9. The van der Waals surface area contributed by atoms with Crippen LogP contribution < -0.4 is 0 Å². The molecule has 1 unspecified atom stereocenters. The molecule has 4 aliphatic rings. The highest BCUT2D eigenvalue weighted by Crippen LogP contribution is 2.59. The maximum atomic E-state index is 13.0. The van der Waals surface area contributed by atoms with E-state index in [2.05, 4.69) is 26.8 Å². The number of allylic oxidation sites excluding steroid dienone is 1. The van der Waals surface area contributed by atoms with E-state index in [1.807, 2.05) is 0 Å². The highest BCUT2D eigenvalue weighted by molar-refractivity contribution is 7.92. The summed E-state index contributed by atoms with van der Waals surface area (Å²) in [6.45, 7) is 6.67. The summed E-state index contributed by atoms with van der Waals surface area (Å²) in [6.07, 6.45) is 11.9. The van der Waals surface area contributed by atoms with E-state index in [0.717, 1.165) is 51.2 Å². The van der Waals surface area contributed by atoms with Crippen molar-refractivity contribution < 1.29 is 13.2 Å². The van der Waals surface area contributed by atoms with Crippen LogP contribution in [-0.2, 0) is 14.6 Å². The molecule has 27 heavy (non-hydrogen) atoms. The van der Waals surface area contributed by atoms with Crippen molar-refractivity contribution >= 4 is 16.1 Å². The first kappa shape index (κ1) is 19.4. The normalized spacial score (nSPS) is 43.4. The molecule has 4 rings (SSSR count). The van der Waals surface area contributed by atoms with E-state index < -0.39 is 9.84 Å². The van der Waals surface area contributed by atoms with Crippen molar-refractivity contribution in [1.29, 1.82) is 0 Å². The van der Waals surface area contributed by atoms with Crippen LogP contribution in [0.2, 0.25) is 0 Å². The number of aldehydes is 1. The first-order valence-corrected chi connectivity index (χ1v) is 12.6. The fourth-order valence-electron chi connectivity index (χ4n) is 6.87. The van der Waals surface area contributed by atoms with Gasteiger partial charge in [0.05, 0.1) is 5.75 Å². The second kappa shape index (κ2) is 6.86. The SMILES string of the molecule is C[C@H]1CCC2=C(C1)[C@H](/C=C1\CCC[C@]3(C)C([C@H](C)C=O)CC[C@@H]13)S(=O)(=O)C2. The lowest BCUT2D eigenvalue weighted by Gasteiger charge is -2.43. The largest absolute Gasteiger partial charge is 0.303 e. The summed E-state index contributed by atoms with van der Waals surface area (Å²) in [6, 6.07) is 0. The van der Waals surface area contributed by atoms with Crippen LogP contribution in [0.4, 0.5) is 0 Å². The standard InChI is InChI=1S/C23H34O3S/c1-15-6-7-18-14-27(25,26)22(19(18)11-15)12-17-5-4-10-23(3)20(16(2)13-24)8-9-21(17)23/h12-13,15-16,20-22H,4-11,14H2,1-3H3/b17-12+/t15-,16+,20?,21-,22-,23+/m0/s1. The number of fused-ring (bicyclic) bond motifs is 1. The molecule has 6 atom stereocenters. The molecule has 0 aromatic heterocycles. The van der Waals surface area contributed by atoms with Crippen molar-refractivity contribution in [2.75, 3.05) is 5.75 Å². The molecule has 4 heteroatoms. The van der Waals surface area contributed by atoms with Gasteiger partial charge in [0.15, 0.2) is 9.84 Å². The third kappa shape index (κ3) is 3.16. The van der Waals surface area contributed by atoms with E-state index in [-0.39, 0.29) is 22.3 Å². The highest BCUT2D eigenvalue weighted by Gasteiger charge is 2.51.